The van der Waals surface area contributed by atoms with Gasteiger partial charge < -0.3 is 9.88 Å². The summed E-state index contributed by atoms with van der Waals surface area (Å²) in [7, 11) is 0. The van der Waals surface area contributed by atoms with Crippen LogP contribution in [0.5, 0.6) is 0 Å². The number of nitrogens with zero attached hydrogens (tertiary/aromatic N) is 3. The zero-order valence-corrected chi connectivity index (χ0v) is 12.6. The maximum absolute atomic E-state index is 13.2. The quantitative estimate of drug-likeness (QED) is 0.942. The number of rotatable bonds is 4. The van der Waals surface area contributed by atoms with Crippen LogP contribution in [0, 0.1) is 12.7 Å². The van der Waals surface area contributed by atoms with E-state index in [1.165, 1.54) is 18.2 Å². The predicted octanol–water partition coefficient (Wildman–Crippen LogP) is 2.80. The molecule has 0 saturated carbocycles. The summed E-state index contributed by atoms with van der Waals surface area (Å²) in [5.74, 6) is 0.111. The molecule has 0 bridgehead atoms. The van der Waals surface area contributed by atoms with Crippen molar-refractivity contribution in [1.29, 1.82) is 0 Å². The fourth-order valence-electron chi connectivity index (χ4n) is 2.09. The minimum atomic E-state index is -0.320. The number of hydrogen-bond acceptors (Lipinski definition) is 3. The van der Waals surface area contributed by atoms with Crippen molar-refractivity contribution in [3.8, 4) is 0 Å². The van der Waals surface area contributed by atoms with Gasteiger partial charge in [0, 0.05) is 11.6 Å². The summed E-state index contributed by atoms with van der Waals surface area (Å²) in [5.41, 5.74) is 0.872. The molecule has 1 heterocycles. The average Bonchev–Trinajstić information content (AvgIpc) is 2.91. The van der Waals surface area contributed by atoms with E-state index in [4.69, 9.17) is 0 Å². The van der Waals surface area contributed by atoms with Crippen molar-refractivity contribution in [1.82, 2.24) is 20.1 Å². The van der Waals surface area contributed by atoms with E-state index in [1.807, 2.05) is 25.3 Å². The largest absolute Gasteiger partial charge is 0.342 e. The Bertz CT molecular complexity index is 651. The molecule has 1 aromatic heterocycles. The van der Waals surface area contributed by atoms with Gasteiger partial charge >= 0.3 is 0 Å². The van der Waals surface area contributed by atoms with E-state index >= 15 is 0 Å². The second-order valence-corrected chi connectivity index (χ2v) is 5.35. The van der Waals surface area contributed by atoms with Crippen LogP contribution in [-0.2, 0) is 0 Å². The highest BCUT2D eigenvalue weighted by molar-refractivity contribution is 5.94. The minimum absolute atomic E-state index is 0.211. The Labute approximate surface area is 123 Å². The van der Waals surface area contributed by atoms with Gasteiger partial charge in [0.15, 0.2) is 5.82 Å². The third-order valence-electron chi connectivity index (χ3n) is 3.31. The molecule has 5 nitrogen and oxygen atoms in total. The first-order chi connectivity index (χ1) is 9.90. The van der Waals surface area contributed by atoms with E-state index in [2.05, 4.69) is 15.5 Å². The molecule has 21 heavy (non-hydrogen) atoms. The van der Waals surface area contributed by atoms with Crippen LogP contribution in [0.3, 0.4) is 0 Å². The third-order valence-corrected chi connectivity index (χ3v) is 3.31. The Morgan fingerprint density at radius 2 is 2.05 bits per heavy atom. The van der Waals surface area contributed by atoms with Gasteiger partial charge in [-0.1, -0.05) is 0 Å². The molecule has 1 atom stereocenters. The van der Waals surface area contributed by atoms with Crippen LogP contribution < -0.4 is 5.32 Å². The van der Waals surface area contributed by atoms with E-state index in [1.54, 1.807) is 13.3 Å². The second kappa shape index (κ2) is 6.03. The van der Waals surface area contributed by atoms with Crippen molar-refractivity contribution in [3.63, 3.8) is 0 Å². The maximum Gasteiger partial charge on any atom is 0.251 e. The summed E-state index contributed by atoms with van der Waals surface area (Å²) in [6.45, 7) is 7.51. The van der Waals surface area contributed by atoms with Gasteiger partial charge in [0.2, 0.25) is 0 Å². The van der Waals surface area contributed by atoms with Gasteiger partial charge in [-0.05, 0) is 51.5 Å². The van der Waals surface area contributed by atoms with Gasteiger partial charge in [0.1, 0.15) is 12.1 Å². The zero-order chi connectivity index (χ0) is 15.6. The van der Waals surface area contributed by atoms with E-state index in [0.29, 0.717) is 17.0 Å². The van der Waals surface area contributed by atoms with Crippen LogP contribution in [0.4, 0.5) is 4.39 Å². The average molecular weight is 290 g/mol. The van der Waals surface area contributed by atoms with Gasteiger partial charge in [-0.25, -0.2) is 4.39 Å². The molecule has 112 valence electrons. The first kappa shape index (κ1) is 15.2. The number of halogens is 1. The van der Waals surface area contributed by atoms with Crippen LogP contribution in [0.15, 0.2) is 24.5 Å². The lowest BCUT2D eigenvalue weighted by atomic mass is 10.1. The Kier molecular flexibility index (Phi) is 4.35. The van der Waals surface area contributed by atoms with E-state index in [-0.39, 0.29) is 23.8 Å². The van der Waals surface area contributed by atoms with Gasteiger partial charge in [-0.15, -0.1) is 10.2 Å². The molecular formula is C15H19FN4O. The topological polar surface area (TPSA) is 59.8 Å². The summed E-state index contributed by atoms with van der Waals surface area (Å²) in [5, 5.41) is 10.8. The molecule has 0 saturated heterocycles. The number of benzene rings is 1. The van der Waals surface area contributed by atoms with Crippen LogP contribution >= 0.6 is 0 Å². The van der Waals surface area contributed by atoms with E-state index in [0.717, 1.165) is 0 Å². The van der Waals surface area contributed by atoms with Gasteiger partial charge in [-0.2, -0.15) is 0 Å². The number of aryl methyl sites for hydroxylation is 1. The number of aromatic nitrogens is 3. The highest BCUT2D eigenvalue weighted by Gasteiger charge is 2.18. The monoisotopic (exact) mass is 290 g/mol. The normalized spacial score (nSPS) is 12.5. The Hall–Kier alpha value is -2.24. The zero-order valence-electron chi connectivity index (χ0n) is 12.6. The molecule has 0 aliphatic rings. The fourth-order valence-corrected chi connectivity index (χ4v) is 2.09. The summed E-state index contributed by atoms with van der Waals surface area (Å²) < 4.78 is 15.1. The Balaban J connectivity index is 2.15. The molecule has 1 N–H and O–H groups in total. The van der Waals surface area contributed by atoms with Crippen molar-refractivity contribution < 1.29 is 9.18 Å². The summed E-state index contributed by atoms with van der Waals surface area (Å²) in [6, 6.07) is 4.23. The molecule has 0 radical (unpaired) electrons. The van der Waals surface area contributed by atoms with Crippen LogP contribution in [-0.4, -0.2) is 20.7 Å². The smallest absolute Gasteiger partial charge is 0.251 e. The van der Waals surface area contributed by atoms with Crippen molar-refractivity contribution in [3.05, 3.63) is 47.3 Å². The standard InChI is InChI=1S/C15H19FN4O/c1-9(2)20-8-17-19-14(20)11(4)18-15(21)12-5-6-13(16)10(3)7-12/h5-9,11H,1-4H3,(H,18,21)/t11-/m0/s1. The lowest BCUT2D eigenvalue weighted by molar-refractivity contribution is 0.0937. The molecule has 6 heteroatoms. The molecular weight excluding hydrogens is 271 g/mol. The van der Waals surface area contributed by atoms with Gasteiger partial charge in [-0.3, -0.25) is 4.79 Å². The number of nitrogens with one attached hydrogen (secondary N) is 1. The van der Waals surface area contributed by atoms with Crippen molar-refractivity contribution in [2.75, 3.05) is 0 Å². The first-order valence-corrected chi connectivity index (χ1v) is 6.86. The van der Waals surface area contributed by atoms with Crippen molar-refractivity contribution >= 4 is 5.91 Å². The first-order valence-electron chi connectivity index (χ1n) is 6.86. The third kappa shape index (κ3) is 3.26. The van der Waals surface area contributed by atoms with Crippen LogP contribution in [0.25, 0.3) is 0 Å². The van der Waals surface area contributed by atoms with Gasteiger partial charge in [0.25, 0.3) is 5.91 Å². The minimum Gasteiger partial charge on any atom is -0.342 e. The highest BCUT2D eigenvalue weighted by atomic mass is 19.1. The molecule has 2 rings (SSSR count). The SMILES string of the molecule is Cc1cc(C(=O)N[C@@H](C)c2nncn2C(C)C)ccc1F. The summed E-state index contributed by atoms with van der Waals surface area (Å²) in [4.78, 5) is 12.2. The Morgan fingerprint density at radius 3 is 2.67 bits per heavy atom. The van der Waals surface area contributed by atoms with E-state index < -0.39 is 0 Å². The predicted molar refractivity (Wildman–Crippen MR) is 77.4 cm³/mol. The van der Waals surface area contributed by atoms with Crippen LogP contribution in [0.2, 0.25) is 0 Å². The van der Waals surface area contributed by atoms with Gasteiger partial charge in [0.05, 0.1) is 6.04 Å². The Morgan fingerprint density at radius 1 is 1.33 bits per heavy atom. The van der Waals surface area contributed by atoms with Crippen LogP contribution in [0.1, 0.15) is 54.6 Å². The molecule has 0 aliphatic carbocycles. The maximum atomic E-state index is 13.2. The number of hydrogen-bond donors (Lipinski definition) is 1. The van der Waals surface area contributed by atoms with Crippen molar-refractivity contribution in [2.45, 2.75) is 39.8 Å². The highest BCUT2D eigenvalue weighted by Crippen LogP contribution is 2.15. The lowest BCUT2D eigenvalue weighted by Crippen LogP contribution is -2.29. The molecule has 0 aliphatic heterocycles. The van der Waals surface area contributed by atoms with E-state index in [9.17, 15) is 9.18 Å². The molecule has 0 fully saturated rings. The van der Waals surface area contributed by atoms with Crippen molar-refractivity contribution in [2.24, 2.45) is 0 Å². The molecule has 2 aromatic rings. The number of amides is 1. The molecule has 1 aromatic carbocycles. The summed E-state index contributed by atoms with van der Waals surface area (Å²) >= 11 is 0. The number of carbonyl (C=O) groups excluding carboxylic acids is 1. The lowest BCUT2D eigenvalue weighted by Gasteiger charge is -2.17. The number of carbonyl (C=O) groups is 1. The molecule has 0 unspecified atom stereocenters. The molecule has 1 amide bonds. The summed E-state index contributed by atoms with van der Waals surface area (Å²) in [6.07, 6.45) is 1.64. The fraction of sp³-hybridized carbons (Fsp3) is 0.400. The molecule has 0 spiro atoms. The second-order valence-electron chi connectivity index (χ2n) is 5.35.